The molecule has 90 valence electrons. The number of imidazole rings is 1. The molecule has 4 N–H and O–H groups in total. The molecule has 0 aliphatic rings. The Labute approximate surface area is 96.9 Å². The van der Waals surface area contributed by atoms with E-state index >= 15 is 0 Å². The van der Waals surface area contributed by atoms with E-state index in [4.69, 9.17) is 5.73 Å². The van der Waals surface area contributed by atoms with Gasteiger partial charge >= 0.3 is 0 Å². The molecule has 0 bridgehead atoms. The van der Waals surface area contributed by atoms with E-state index in [0.29, 0.717) is 13.0 Å². The first kappa shape index (κ1) is 11.4. The fourth-order valence-electron chi connectivity index (χ4n) is 1.50. The van der Waals surface area contributed by atoms with Crippen molar-refractivity contribution in [3.63, 3.8) is 0 Å². The van der Waals surface area contributed by atoms with Crippen molar-refractivity contribution in [1.29, 1.82) is 0 Å². The van der Waals surface area contributed by atoms with E-state index < -0.39 is 11.6 Å². The maximum Gasteiger partial charge on any atom is 0.151 e. The summed E-state index contributed by atoms with van der Waals surface area (Å²) in [7, 11) is 0. The molecule has 2 rings (SSSR count). The van der Waals surface area contributed by atoms with Crippen LogP contribution in [-0.2, 0) is 6.42 Å². The van der Waals surface area contributed by atoms with Crippen LogP contribution in [0, 0.1) is 11.6 Å². The number of H-pyrrole nitrogens is 1. The zero-order valence-electron chi connectivity index (χ0n) is 9.00. The number of benzene rings is 1. The Hall–Kier alpha value is -2.11. The topological polar surface area (TPSA) is 66.7 Å². The molecular weight excluding hydrogens is 226 g/mol. The lowest BCUT2D eigenvalue weighted by Gasteiger charge is -2.08. The fraction of sp³-hybridized carbons (Fsp3) is 0.182. The molecule has 2 aromatic rings. The number of nitrogens with zero attached hydrogens (tertiary/aromatic N) is 1. The summed E-state index contributed by atoms with van der Waals surface area (Å²) in [6.07, 6.45) is 3.87. The summed E-state index contributed by atoms with van der Waals surface area (Å²) in [4.78, 5) is 6.91. The molecule has 0 fully saturated rings. The first-order valence-electron chi connectivity index (χ1n) is 5.13. The summed E-state index contributed by atoms with van der Waals surface area (Å²) in [5, 5.41) is 2.68. The van der Waals surface area contributed by atoms with Gasteiger partial charge in [-0.25, -0.2) is 13.8 Å². The summed E-state index contributed by atoms with van der Waals surface area (Å²) >= 11 is 0. The quantitative estimate of drug-likeness (QED) is 0.713. The van der Waals surface area contributed by atoms with Crippen LogP contribution in [0.15, 0.2) is 24.5 Å². The predicted molar refractivity (Wildman–Crippen MR) is 61.6 cm³/mol. The van der Waals surface area contributed by atoms with Crippen LogP contribution in [0.25, 0.3) is 0 Å². The first-order valence-corrected chi connectivity index (χ1v) is 5.13. The molecule has 0 saturated carbocycles. The maximum atomic E-state index is 13.4. The van der Waals surface area contributed by atoms with Gasteiger partial charge in [0.2, 0.25) is 0 Å². The predicted octanol–water partition coefficient (Wildman–Crippen LogP) is 1.92. The second-order valence-corrected chi connectivity index (χ2v) is 3.57. The zero-order valence-corrected chi connectivity index (χ0v) is 9.00. The fourth-order valence-corrected chi connectivity index (χ4v) is 1.50. The first-order chi connectivity index (χ1) is 8.16. The standard InChI is InChI=1S/C11H12F2N4/c12-8-5-7(14)6-9(13)11(8)17-2-1-10-15-3-4-16-10/h3-6,17H,1-2,14H2,(H,15,16). The van der Waals surface area contributed by atoms with Crippen LogP contribution in [0.5, 0.6) is 0 Å². The summed E-state index contributed by atoms with van der Waals surface area (Å²) in [5.41, 5.74) is 5.22. The van der Waals surface area contributed by atoms with Gasteiger partial charge in [-0.2, -0.15) is 0 Å². The number of hydrogen-bond acceptors (Lipinski definition) is 3. The highest BCUT2D eigenvalue weighted by Crippen LogP contribution is 2.21. The van der Waals surface area contributed by atoms with Crippen LogP contribution < -0.4 is 11.1 Å². The Kier molecular flexibility index (Phi) is 3.22. The number of aromatic nitrogens is 2. The van der Waals surface area contributed by atoms with Crippen molar-refractivity contribution in [2.24, 2.45) is 0 Å². The highest BCUT2D eigenvalue weighted by atomic mass is 19.1. The van der Waals surface area contributed by atoms with E-state index in [1.165, 1.54) is 0 Å². The highest BCUT2D eigenvalue weighted by Gasteiger charge is 2.09. The van der Waals surface area contributed by atoms with Crippen LogP contribution in [0.3, 0.4) is 0 Å². The zero-order chi connectivity index (χ0) is 12.3. The molecule has 1 aromatic carbocycles. The van der Waals surface area contributed by atoms with Crippen molar-refractivity contribution in [3.05, 3.63) is 42.0 Å². The van der Waals surface area contributed by atoms with Crippen molar-refractivity contribution >= 4 is 11.4 Å². The van der Waals surface area contributed by atoms with Crippen molar-refractivity contribution in [1.82, 2.24) is 9.97 Å². The van der Waals surface area contributed by atoms with Crippen LogP contribution >= 0.6 is 0 Å². The molecule has 17 heavy (non-hydrogen) atoms. The lowest BCUT2D eigenvalue weighted by atomic mass is 10.2. The van der Waals surface area contributed by atoms with E-state index in [1.54, 1.807) is 12.4 Å². The number of nitrogens with two attached hydrogens (primary N) is 1. The molecule has 0 unspecified atom stereocenters. The number of aromatic amines is 1. The van der Waals surface area contributed by atoms with Crippen molar-refractivity contribution in [2.75, 3.05) is 17.6 Å². The summed E-state index contributed by atoms with van der Waals surface area (Å²) in [6.45, 7) is 0.380. The minimum Gasteiger partial charge on any atom is -0.399 e. The molecule has 1 aromatic heterocycles. The Morgan fingerprint density at radius 3 is 2.59 bits per heavy atom. The largest absolute Gasteiger partial charge is 0.399 e. The molecule has 4 nitrogen and oxygen atoms in total. The van der Waals surface area contributed by atoms with Crippen LogP contribution in [0.4, 0.5) is 20.2 Å². The molecule has 0 radical (unpaired) electrons. The Morgan fingerprint density at radius 1 is 1.29 bits per heavy atom. The van der Waals surface area contributed by atoms with E-state index in [2.05, 4.69) is 15.3 Å². The molecule has 0 aliphatic heterocycles. The monoisotopic (exact) mass is 238 g/mol. The third kappa shape index (κ3) is 2.72. The average Bonchev–Trinajstić information content (AvgIpc) is 2.74. The number of halogens is 2. The SMILES string of the molecule is Nc1cc(F)c(NCCc2ncc[nH]2)c(F)c1. The molecule has 1 heterocycles. The van der Waals surface area contributed by atoms with E-state index in [-0.39, 0.29) is 11.4 Å². The smallest absolute Gasteiger partial charge is 0.151 e. The number of nitrogen functional groups attached to an aromatic ring is 1. The highest BCUT2D eigenvalue weighted by molar-refractivity contribution is 5.54. The Balaban J connectivity index is 1.99. The lowest BCUT2D eigenvalue weighted by Crippen LogP contribution is -2.09. The van der Waals surface area contributed by atoms with Gasteiger partial charge in [0.25, 0.3) is 0 Å². The summed E-state index contributed by atoms with van der Waals surface area (Å²) in [6, 6.07) is 2.16. The van der Waals surface area contributed by atoms with Gasteiger partial charge in [-0.05, 0) is 12.1 Å². The summed E-state index contributed by atoms with van der Waals surface area (Å²) in [5.74, 6) is -0.627. The third-order valence-corrected chi connectivity index (χ3v) is 2.28. The van der Waals surface area contributed by atoms with Gasteiger partial charge in [0.05, 0.1) is 0 Å². The maximum absolute atomic E-state index is 13.4. The van der Waals surface area contributed by atoms with Gasteiger partial charge < -0.3 is 16.0 Å². The molecule has 6 heteroatoms. The van der Waals surface area contributed by atoms with E-state index in [1.807, 2.05) is 0 Å². The Bertz CT molecular complexity index is 473. The Morgan fingerprint density at radius 2 is 2.00 bits per heavy atom. The second kappa shape index (κ2) is 4.82. The average molecular weight is 238 g/mol. The number of rotatable bonds is 4. The van der Waals surface area contributed by atoms with Crippen LogP contribution in [0.2, 0.25) is 0 Å². The molecule has 0 aliphatic carbocycles. The molecular formula is C11H12F2N4. The van der Waals surface area contributed by atoms with Gasteiger partial charge in [-0.15, -0.1) is 0 Å². The van der Waals surface area contributed by atoms with Crippen molar-refractivity contribution in [3.8, 4) is 0 Å². The molecule has 0 amide bonds. The number of hydrogen-bond donors (Lipinski definition) is 3. The summed E-state index contributed by atoms with van der Waals surface area (Å²) < 4.78 is 26.7. The third-order valence-electron chi connectivity index (χ3n) is 2.28. The lowest BCUT2D eigenvalue weighted by molar-refractivity contribution is 0.589. The van der Waals surface area contributed by atoms with Crippen molar-refractivity contribution in [2.45, 2.75) is 6.42 Å². The number of anilines is 2. The minimum absolute atomic E-state index is 0.0663. The van der Waals surface area contributed by atoms with Gasteiger partial charge in [0.15, 0.2) is 11.6 Å². The van der Waals surface area contributed by atoms with Gasteiger partial charge in [0, 0.05) is 31.0 Å². The van der Waals surface area contributed by atoms with Crippen LogP contribution in [0.1, 0.15) is 5.82 Å². The van der Waals surface area contributed by atoms with E-state index in [9.17, 15) is 8.78 Å². The van der Waals surface area contributed by atoms with Gasteiger partial charge in [-0.1, -0.05) is 0 Å². The van der Waals surface area contributed by atoms with Gasteiger partial charge in [0.1, 0.15) is 11.5 Å². The minimum atomic E-state index is -0.693. The molecule has 0 saturated heterocycles. The normalized spacial score (nSPS) is 10.5. The molecule has 0 spiro atoms. The number of nitrogens with one attached hydrogen (secondary N) is 2. The van der Waals surface area contributed by atoms with Crippen molar-refractivity contribution < 1.29 is 8.78 Å². The van der Waals surface area contributed by atoms with Gasteiger partial charge in [-0.3, -0.25) is 0 Å². The second-order valence-electron chi connectivity index (χ2n) is 3.57. The molecule has 0 atom stereocenters. The van der Waals surface area contributed by atoms with E-state index in [0.717, 1.165) is 18.0 Å². The van der Waals surface area contributed by atoms with Crippen LogP contribution in [-0.4, -0.2) is 16.5 Å².